The van der Waals surface area contributed by atoms with Crippen LogP contribution in [0, 0.1) is 0 Å². The number of amides is 1. The second-order valence-electron chi connectivity index (χ2n) is 5.53. The fourth-order valence-electron chi connectivity index (χ4n) is 2.55. The minimum atomic E-state index is 0.143. The van der Waals surface area contributed by atoms with Crippen molar-refractivity contribution in [3.05, 3.63) is 54.2 Å². The molecular weight excluding hydrogens is 276 g/mol. The van der Waals surface area contributed by atoms with E-state index < -0.39 is 0 Å². The zero-order chi connectivity index (χ0) is 15.4. The molecule has 1 aromatic carbocycles. The summed E-state index contributed by atoms with van der Waals surface area (Å²) in [7, 11) is 1.65. The molecule has 1 fully saturated rings. The standard InChI is InChI=1S/C18H20N2O2/c1-22-16-6-4-5-14(13-16)8-11-18(21)20(15-9-10-15)17-7-2-3-12-19-17/h2-7,12-13,15H,8-11H2,1H3. The summed E-state index contributed by atoms with van der Waals surface area (Å²) >= 11 is 0. The molecule has 2 aromatic rings. The summed E-state index contributed by atoms with van der Waals surface area (Å²) in [4.78, 5) is 18.8. The van der Waals surface area contributed by atoms with E-state index in [9.17, 15) is 4.79 Å². The number of aromatic nitrogens is 1. The van der Waals surface area contributed by atoms with E-state index >= 15 is 0 Å². The summed E-state index contributed by atoms with van der Waals surface area (Å²) in [6, 6.07) is 13.9. The molecule has 0 radical (unpaired) electrons. The van der Waals surface area contributed by atoms with Crippen LogP contribution in [0.25, 0.3) is 0 Å². The van der Waals surface area contributed by atoms with Crippen LogP contribution in [0.2, 0.25) is 0 Å². The van der Waals surface area contributed by atoms with Crippen LogP contribution < -0.4 is 9.64 Å². The van der Waals surface area contributed by atoms with Crippen LogP contribution in [0.5, 0.6) is 5.75 Å². The Kier molecular flexibility index (Phi) is 4.37. The molecule has 1 aliphatic rings. The highest BCUT2D eigenvalue weighted by atomic mass is 16.5. The third kappa shape index (κ3) is 3.45. The van der Waals surface area contributed by atoms with Crippen LogP contribution in [-0.4, -0.2) is 24.0 Å². The van der Waals surface area contributed by atoms with E-state index in [4.69, 9.17) is 4.74 Å². The average Bonchev–Trinajstić information content (AvgIpc) is 3.39. The van der Waals surface area contributed by atoms with Gasteiger partial charge in [0, 0.05) is 18.7 Å². The molecule has 0 bridgehead atoms. The van der Waals surface area contributed by atoms with Crippen molar-refractivity contribution in [2.45, 2.75) is 31.7 Å². The van der Waals surface area contributed by atoms with Crippen molar-refractivity contribution >= 4 is 11.7 Å². The monoisotopic (exact) mass is 296 g/mol. The molecule has 3 rings (SSSR count). The number of ether oxygens (including phenoxy) is 1. The molecule has 4 heteroatoms. The number of carbonyl (C=O) groups excluding carboxylic acids is 1. The average molecular weight is 296 g/mol. The van der Waals surface area contributed by atoms with Gasteiger partial charge in [0.2, 0.25) is 5.91 Å². The smallest absolute Gasteiger partial charge is 0.228 e. The number of carbonyl (C=O) groups is 1. The van der Waals surface area contributed by atoms with Crippen molar-refractivity contribution in [3.63, 3.8) is 0 Å². The van der Waals surface area contributed by atoms with Crippen LogP contribution in [-0.2, 0) is 11.2 Å². The number of hydrogen-bond acceptors (Lipinski definition) is 3. The molecule has 0 unspecified atom stereocenters. The molecule has 1 amide bonds. The van der Waals surface area contributed by atoms with Crippen LogP contribution in [0.4, 0.5) is 5.82 Å². The lowest BCUT2D eigenvalue weighted by molar-refractivity contribution is -0.118. The van der Waals surface area contributed by atoms with Gasteiger partial charge in [-0.25, -0.2) is 4.98 Å². The molecule has 0 spiro atoms. The van der Waals surface area contributed by atoms with Gasteiger partial charge in [-0.05, 0) is 49.1 Å². The van der Waals surface area contributed by atoms with E-state index in [0.717, 1.165) is 30.0 Å². The van der Waals surface area contributed by atoms with Gasteiger partial charge in [0.1, 0.15) is 11.6 Å². The van der Waals surface area contributed by atoms with E-state index in [1.165, 1.54) is 0 Å². The molecule has 0 N–H and O–H groups in total. The lowest BCUT2D eigenvalue weighted by atomic mass is 10.1. The quantitative estimate of drug-likeness (QED) is 0.822. The minimum Gasteiger partial charge on any atom is -0.497 e. The zero-order valence-corrected chi connectivity index (χ0v) is 12.7. The minimum absolute atomic E-state index is 0.143. The van der Waals surface area contributed by atoms with Gasteiger partial charge in [-0.1, -0.05) is 18.2 Å². The maximum atomic E-state index is 12.6. The summed E-state index contributed by atoms with van der Waals surface area (Å²) < 4.78 is 5.22. The maximum Gasteiger partial charge on any atom is 0.228 e. The first-order chi connectivity index (χ1) is 10.8. The Morgan fingerprint density at radius 1 is 1.27 bits per heavy atom. The number of nitrogens with zero attached hydrogens (tertiary/aromatic N) is 2. The fourth-order valence-corrected chi connectivity index (χ4v) is 2.55. The number of pyridine rings is 1. The SMILES string of the molecule is COc1cccc(CCC(=O)N(c2ccccn2)C2CC2)c1. The van der Waals surface area contributed by atoms with E-state index in [-0.39, 0.29) is 5.91 Å². The molecule has 0 aliphatic heterocycles. The number of aryl methyl sites for hydroxylation is 1. The van der Waals surface area contributed by atoms with E-state index in [2.05, 4.69) is 4.98 Å². The van der Waals surface area contributed by atoms with Crippen molar-refractivity contribution in [1.82, 2.24) is 4.98 Å². The largest absolute Gasteiger partial charge is 0.497 e. The predicted octanol–water partition coefficient (Wildman–Crippen LogP) is 3.22. The van der Waals surface area contributed by atoms with Gasteiger partial charge in [-0.2, -0.15) is 0 Å². The number of methoxy groups -OCH3 is 1. The van der Waals surface area contributed by atoms with Gasteiger partial charge in [0.25, 0.3) is 0 Å². The predicted molar refractivity (Wildman–Crippen MR) is 86.1 cm³/mol. The molecule has 114 valence electrons. The van der Waals surface area contributed by atoms with E-state index in [1.54, 1.807) is 13.3 Å². The van der Waals surface area contributed by atoms with Crippen molar-refractivity contribution in [3.8, 4) is 5.75 Å². The Morgan fingerprint density at radius 2 is 2.14 bits per heavy atom. The molecule has 1 heterocycles. The van der Waals surface area contributed by atoms with Crippen LogP contribution in [0.15, 0.2) is 48.7 Å². The fraction of sp³-hybridized carbons (Fsp3) is 0.333. The second kappa shape index (κ2) is 6.60. The van der Waals surface area contributed by atoms with Crippen molar-refractivity contribution in [2.24, 2.45) is 0 Å². The molecule has 1 saturated carbocycles. The Hall–Kier alpha value is -2.36. The third-order valence-corrected chi connectivity index (χ3v) is 3.84. The topological polar surface area (TPSA) is 42.4 Å². The first-order valence-electron chi connectivity index (χ1n) is 7.64. The highest BCUT2D eigenvalue weighted by Gasteiger charge is 2.33. The number of rotatable bonds is 6. The molecule has 4 nitrogen and oxygen atoms in total. The first-order valence-corrected chi connectivity index (χ1v) is 7.64. The van der Waals surface area contributed by atoms with E-state index in [1.807, 2.05) is 47.4 Å². The van der Waals surface area contributed by atoms with Gasteiger partial charge < -0.3 is 4.74 Å². The van der Waals surface area contributed by atoms with Crippen LogP contribution in [0.1, 0.15) is 24.8 Å². The Morgan fingerprint density at radius 3 is 2.82 bits per heavy atom. The molecule has 22 heavy (non-hydrogen) atoms. The molecule has 0 atom stereocenters. The Labute approximate surface area is 130 Å². The number of hydrogen-bond donors (Lipinski definition) is 0. The number of benzene rings is 1. The first kappa shape index (κ1) is 14.6. The number of anilines is 1. The summed E-state index contributed by atoms with van der Waals surface area (Å²) in [5.41, 5.74) is 1.12. The van der Waals surface area contributed by atoms with Crippen molar-refractivity contribution in [1.29, 1.82) is 0 Å². The van der Waals surface area contributed by atoms with E-state index in [0.29, 0.717) is 18.9 Å². The normalized spacial score (nSPS) is 13.7. The maximum absolute atomic E-state index is 12.6. The summed E-state index contributed by atoms with van der Waals surface area (Å²) in [6.45, 7) is 0. The lowest BCUT2D eigenvalue weighted by Crippen LogP contribution is -2.33. The van der Waals surface area contributed by atoms with Gasteiger partial charge in [0.05, 0.1) is 7.11 Å². The third-order valence-electron chi connectivity index (χ3n) is 3.84. The van der Waals surface area contributed by atoms with Crippen LogP contribution >= 0.6 is 0 Å². The van der Waals surface area contributed by atoms with Gasteiger partial charge in [0.15, 0.2) is 0 Å². The van der Waals surface area contributed by atoms with Gasteiger partial charge in [-0.3, -0.25) is 9.69 Å². The second-order valence-corrected chi connectivity index (χ2v) is 5.53. The zero-order valence-electron chi connectivity index (χ0n) is 12.7. The molecular formula is C18H20N2O2. The lowest BCUT2D eigenvalue weighted by Gasteiger charge is -2.21. The highest BCUT2D eigenvalue weighted by molar-refractivity contribution is 5.93. The van der Waals surface area contributed by atoms with Gasteiger partial charge in [-0.15, -0.1) is 0 Å². The highest BCUT2D eigenvalue weighted by Crippen LogP contribution is 2.31. The molecule has 1 aromatic heterocycles. The molecule has 0 saturated heterocycles. The summed E-state index contributed by atoms with van der Waals surface area (Å²) in [5, 5.41) is 0. The molecule has 1 aliphatic carbocycles. The Bertz CT molecular complexity index is 639. The van der Waals surface area contributed by atoms with Crippen molar-refractivity contribution < 1.29 is 9.53 Å². The summed E-state index contributed by atoms with van der Waals surface area (Å²) in [5.74, 6) is 1.73. The van der Waals surface area contributed by atoms with Crippen molar-refractivity contribution in [2.75, 3.05) is 12.0 Å². The Balaban J connectivity index is 1.67. The van der Waals surface area contributed by atoms with Gasteiger partial charge >= 0.3 is 0 Å². The summed E-state index contributed by atoms with van der Waals surface area (Å²) in [6.07, 6.45) is 5.08. The van der Waals surface area contributed by atoms with Crippen LogP contribution in [0.3, 0.4) is 0 Å².